The first-order valence-electron chi connectivity index (χ1n) is 4.94. The molecule has 84 valence electrons. The Bertz CT molecular complexity index is 430. The van der Waals surface area contributed by atoms with Crippen LogP contribution in [0.3, 0.4) is 0 Å². The molecule has 0 bridgehead atoms. The van der Waals surface area contributed by atoms with Crippen LogP contribution in [0.1, 0.15) is 18.0 Å². The van der Waals surface area contributed by atoms with Crippen LogP contribution in [0.2, 0.25) is 0 Å². The van der Waals surface area contributed by atoms with Gasteiger partial charge in [-0.3, -0.25) is 4.79 Å². The number of likely N-dealkylation sites (tertiary alicyclic amines) is 1. The van der Waals surface area contributed by atoms with Crippen molar-refractivity contribution in [3.05, 3.63) is 35.6 Å². The zero-order valence-corrected chi connectivity index (χ0v) is 8.52. The maximum atomic E-state index is 12.7. The molecule has 2 rings (SSSR count). The maximum Gasteiger partial charge on any atom is 0.315 e. The molecule has 0 aliphatic carbocycles. The van der Waals surface area contributed by atoms with E-state index in [1.807, 2.05) is 0 Å². The second kappa shape index (κ2) is 3.92. The molecule has 1 aromatic rings. The summed E-state index contributed by atoms with van der Waals surface area (Å²) in [6, 6.07) is 4.25. The zero-order valence-electron chi connectivity index (χ0n) is 8.52. The van der Waals surface area contributed by atoms with Gasteiger partial charge < -0.3 is 10.6 Å². The second-order valence-corrected chi connectivity index (χ2v) is 3.70. The minimum atomic E-state index is -0.655. The minimum absolute atomic E-state index is 0.0644. The Hall–Kier alpha value is -1.91. The monoisotopic (exact) mass is 222 g/mol. The molecule has 1 saturated heterocycles. The molecule has 16 heavy (non-hydrogen) atoms. The van der Waals surface area contributed by atoms with E-state index in [2.05, 4.69) is 0 Å². The van der Waals surface area contributed by atoms with Crippen LogP contribution in [0.25, 0.3) is 0 Å². The quantitative estimate of drug-likeness (QED) is 0.776. The lowest BCUT2D eigenvalue weighted by molar-refractivity contribution is -0.119. The number of primary amides is 1. The van der Waals surface area contributed by atoms with Crippen LogP contribution in [-0.4, -0.2) is 23.3 Å². The molecule has 1 unspecified atom stereocenters. The summed E-state index contributed by atoms with van der Waals surface area (Å²) in [4.78, 5) is 24.1. The van der Waals surface area contributed by atoms with Gasteiger partial charge in [-0.15, -0.1) is 0 Å². The molecule has 4 nitrogen and oxygen atoms in total. The van der Waals surface area contributed by atoms with Crippen LogP contribution < -0.4 is 5.73 Å². The minimum Gasteiger partial charge on any atom is -0.351 e. The van der Waals surface area contributed by atoms with Gasteiger partial charge in [0.25, 0.3) is 0 Å². The third-order valence-electron chi connectivity index (χ3n) is 2.68. The van der Waals surface area contributed by atoms with Crippen molar-refractivity contribution in [1.82, 2.24) is 4.90 Å². The number of hydrogen-bond donors (Lipinski definition) is 1. The highest BCUT2D eigenvalue weighted by atomic mass is 19.1. The van der Waals surface area contributed by atoms with Crippen molar-refractivity contribution in [2.75, 3.05) is 6.54 Å². The average molecular weight is 222 g/mol. The van der Waals surface area contributed by atoms with Gasteiger partial charge in [0.1, 0.15) is 11.9 Å². The molecular formula is C11H11FN2O2. The van der Waals surface area contributed by atoms with Gasteiger partial charge in [-0.1, -0.05) is 12.1 Å². The summed E-state index contributed by atoms with van der Waals surface area (Å²) in [5.41, 5.74) is 5.78. The lowest BCUT2D eigenvalue weighted by Crippen LogP contribution is -2.36. The van der Waals surface area contributed by atoms with Crippen LogP contribution >= 0.6 is 0 Å². The highest BCUT2D eigenvalue weighted by Crippen LogP contribution is 2.28. The van der Waals surface area contributed by atoms with Gasteiger partial charge in [-0.2, -0.15) is 0 Å². The summed E-state index contributed by atoms with van der Waals surface area (Å²) in [5, 5.41) is 0. The van der Waals surface area contributed by atoms with Gasteiger partial charge in [0.2, 0.25) is 0 Å². The Morgan fingerprint density at radius 2 is 2.00 bits per heavy atom. The number of carbonyl (C=O) groups excluding carboxylic acids is 2. The number of ketones is 1. The van der Waals surface area contributed by atoms with Gasteiger partial charge in [0.15, 0.2) is 5.78 Å². The van der Waals surface area contributed by atoms with E-state index in [4.69, 9.17) is 5.73 Å². The molecule has 1 heterocycles. The lowest BCUT2D eigenvalue weighted by atomic mass is 10.0. The third-order valence-corrected chi connectivity index (χ3v) is 2.68. The summed E-state index contributed by atoms with van der Waals surface area (Å²) >= 11 is 0. The van der Waals surface area contributed by atoms with E-state index in [1.165, 1.54) is 29.2 Å². The first-order valence-corrected chi connectivity index (χ1v) is 4.94. The highest BCUT2D eigenvalue weighted by molar-refractivity contribution is 5.92. The molecule has 0 spiro atoms. The van der Waals surface area contributed by atoms with Crippen molar-refractivity contribution < 1.29 is 14.0 Å². The Morgan fingerprint density at radius 1 is 1.38 bits per heavy atom. The number of Topliss-reactive ketones (excluding diaryl/α,β-unsaturated/α-hetero) is 1. The number of halogens is 1. The molecule has 1 atom stereocenters. The first kappa shape index (κ1) is 10.6. The standard InChI is InChI=1S/C11H11FN2O2/c12-8-3-1-7(2-4-8)10-9(15)5-6-14(10)11(13)16/h1-4,10H,5-6H2,(H2,13,16). The molecular weight excluding hydrogens is 211 g/mol. The normalized spacial score (nSPS) is 20.2. The molecule has 0 aromatic heterocycles. The van der Waals surface area contributed by atoms with Crippen LogP contribution in [0.4, 0.5) is 9.18 Å². The van der Waals surface area contributed by atoms with E-state index in [0.717, 1.165) is 0 Å². The molecule has 1 aromatic carbocycles. The Labute approximate surface area is 91.8 Å². The fourth-order valence-electron chi connectivity index (χ4n) is 1.92. The molecule has 2 N–H and O–H groups in total. The van der Waals surface area contributed by atoms with Crippen molar-refractivity contribution in [1.29, 1.82) is 0 Å². The Balaban J connectivity index is 2.33. The van der Waals surface area contributed by atoms with Crippen molar-refractivity contribution in [2.45, 2.75) is 12.5 Å². The molecule has 1 fully saturated rings. The van der Waals surface area contributed by atoms with E-state index in [1.54, 1.807) is 0 Å². The molecule has 1 aliphatic rings. The topological polar surface area (TPSA) is 63.4 Å². The lowest BCUT2D eigenvalue weighted by Gasteiger charge is -2.21. The van der Waals surface area contributed by atoms with Crippen LogP contribution in [0.15, 0.2) is 24.3 Å². The number of carbonyl (C=O) groups is 2. The third kappa shape index (κ3) is 1.76. The molecule has 1 aliphatic heterocycles. The summed E-state index contributed by atoms with van der Waals surface area (Å²) in [5.74, 6) is -0.440. The predicted octanol–water partition coefficient (Wildman–Crippen LogP) is 1.22. The number of nitrogens with two attached hydrogens (primary N) is 1. The number of urea groups is 1. The smallest absolute Gasteiger partial charge is 0.315 e. The van der Waals surface area contributed by atoms with Gasteiger partial charge in [-0.05, 0) is 17.7 Å². The SMILES string of the molecule is NC(=O)N1CCC(=O)C1c1ccc(F)cc1. The van der Waals surface area contributed by atoms with Gasteiger partial charge >= 0.3 is 6.03 Å². The zero-order chi connectivity index (χ0) is 11.7. The summed E-state index contributed by atoms with van der Waals surface area (Å²) in [7, 11) is 0. The number of amides is 2. The second-order valence-electron chi connectivity index (χ2n) is 3.70. The van der Waals surface area contributed by atoms with Gasteiger partial charge in [0, 0.05) is 13.0 Å². The van der Waals surface area contributed by atoms with E-state index in [9.17, 15) is 14.0 Å². The molecule has 5 heteroatoms. The van der Waals surface area contributed by atoms with E-state index in [0.29, 0.717) is 18.5 Å². The summed E-state index contributed by atoms with van der Waals surface area (Å²) in [6.07, 6.45) is 0.297. The van der Waals surface area contributed by atoms with E-state index in [-0.39, 0.29) is 11.6 Å². The first-order chi connectivity index (χ1) is 7.59. The molecule has 2 amide bonds. The van der Waals surface area contributed by atoms with E-state index < -0.39 is 12.1 Å². The predicted molar refractivity (Wildman–Crippen MR) is 55.1 cm³/mol. The fraction of sp³-hybridized carbons (Fsp3) is 0.273. The largest absolute Gasteiger partial charge is 0.351 e. The average Bonchev–Trinajstić information content (AvgIpc) is 2.62. The Kier molecular flexibility index (Phi) is 2.60. The molecule has 0 saturated carbocycles. The Morgan fingerprint density at radius 3 is 2.56 bits per heavy atom. The summed E-state index contributed by atoms with van der Waals surface area (Å²) < 4.78 is 12.7. The fourth-order valence-corrected chi connectivity index (χ4v) is 1.92. The van der Waals surface area contributed by atoms with E-state index >= 15 is 0 Å². The maximum absolute atomic E-state index is 12.7. The summed E-state index contributed by atoms with van der Waals surface area (Å²) in [6.45, 7) is 0.330. The van der Waals surface area contributed by atoms with Crippen LogP contribution in [-0.2, 0) is 4.79 Å². The van der Waals surface area contributed by atoms with Crippen molar-refractivity contribution in [3.8, 4) is 0 Å². The van der Waals surface area contributed by atoms with Crippen molar-refractivity contribution in [2.24, 2.45) is 5.73 Å². The van der Waals surface area contributed by atoms with Crippen molar-refractivity contribution in [3.63, 3.8) is 0 Å². The van der Waals surface area contributed by atoms with Gasteiger partial charge in [0.05, 0.1) is 0 Å². The van der Waals surface area contributed by atoms with Crippen LogP contribution in [0.5, 0.6) is 0 Å². The van der Waals surface area contributed by atoms with Crippen LogP contribution in [0, 0.1) is 5.82 Å². The number of hydrogen-bond acceptors (Lipinski definition) is 2. The number of rotatable bonds is 1. The van der Waals surface area contributed by atoms with Gasteiger partial charge in [-0.25, -0.2) is 9.18 Å². The number of nitrogens with zero attached hydrogens (tertiary/aromatic N) is 1. The number of benzene rings is 1. The molecule has 0 radical (unpaired) electrons. The highest BCUT2D eigenvalue weighted by Gasteiger charge is 2.35. The van der Waals surface area contributed by atoms with Crippen molar-refractivity contribution >= 4 is 11.8 Å².